The van der Waals surface area contributed by atoms with Crippen molar-refractivity contribution >= 4 is 42.6 Å². The van der Waals surface area contributed by atoms with Gasteiger partial charge >= 0.3 is 0 Å². The number of benzene rings is 1. The molecule has 0 radical (unpaired) electrons. The van der Waals surface area contributed by atoms with Gasteiger partial charge in [0.15, 0.2) is 5.13 Å². The molecule has 1 aromatic heterocycles. The van der Waals surface area contributed by atoms with Gasteiger partial charge in [0.2, 0.25) is 0 Å². The fourth-order valence-corrected chi connectivity index (χ4v) is 4.01. The summed E-state index contributed by atoms with van der Waals surface area (Å²) in [5, 5.41) is 4.54. The van der Waals surface area contributed by atoms with Crippen LogP contribution in [0.1, 0.15) is 19.3 Å². The lowest BCUT2D eigenvalue weighted by molar-refractivity contribution is 0.194. The number of hydrogen-bond donors (Lipinski definition) is 1. The van der Waals surface area contributed by atoms with Gasteiger partial charge < -0.3 is 10.2 Å². The van der Waals surface area contributed by atoms with Crippen LogP contribution in [0.5, 0.6) is 0 Å². The first-order chi connectivity index (χ1) is 9.22. The highest BCUT2D eigenvalue weighted by Crippen LogP contribution is 2.28. The lowest BCUT2D eigenvalue weighted by atomic mass is 10.0. The summed E-state index contributed by atoms with van der Waals surface area (Å²) in [7, 11) is 2.22. The highest BCUT2D eigenvalue weighted by molar-refractivity contribution is 9.10. The molecule has 0 bridgehead atoms. The summed E-state index contributed by atoms with van der Waals surface area (Å²) in [6, 6.07) is 6.88. The second-order valence-corrected chi connectivity index (χ2v) is 7.09. The highest BCUT2D eigenvalue weighted by Gasteiger charge is 2.18. The number of thiazole rings is 1. The molecule has 1 saturated heterocycles. The molecule has 3 rings (SSSR count). The third-order valence-corrected chi connectivity index (χ3v) is 5.23. The molecular weight excluding hydrogens is 322 g/mol. The van der Waals surface area contributed by atoms with E-state index in [-0.39, 0.29) is 0 Å². The van der Waals surface area contributed by atoms with Gasteiger partial charge in [-0.3, -0.25) is 0 Å². The molecule has 19 heavy (non-hydrogen) atoms. The molecule has 0 saturated carbocycles. The van der Waals surface area contributed by atoms with Gasteiger partial charge in [0.25, 0.3) is 0 Å². The number of halogens is 1. The second-order valence-electron chi connectivity index (χ2n) is 5.14. The van der Waals surface area contributed by atoms with Gasteiger partial charge in [0.1, 0.15) is 0 Å². The minimum atomic E-state index is 0.646. The molecule has 0 aliphatic carbocycles. The average molecular weight is 340 g/mol. The molecule has 1 aromatic carbocycles. The van der Waals surface area contributed by atoms with Crippen molar-refractivity contribution in [3.8, 4) is 0 Å². The molecular formula is C14H18BrN3S. The van der Waals surface area contributed by atoms with Gasteiger partial charge in [-0.05, 0) is 44.6 Å². The molecule has 1 aliphatic heterocycles. The topological polar surface area (TPSA) is 28.2 Å². The lowest BCUT2D eigenvalue weighted by Gasteiger charge is -2.32. The molecule has 0 amide bonds. The maximum atomic E-state index is 4.63. The van der Waals surface area contributed by atoms with Crippen molar-refractivity contribution in [1.82, 2.24) is 9.88 Å². The van der Waals surface area contributed by atoms with Crippen LogP contribution in [-0.2, 0) is 0 Å². The molecule has 1 atom stereocenters. The first-order valence-corrected chi connectivity index (χ1v) is 8.33. The van der Waals surface area contributed by atoms with E-state index in [2.05, 4.69) is 50.3 Å². The van der Waals surface area contributed by atoms with E-state index < -0.39 is 0 Å². The van der Waals surface area contributed by atoms with Gasteiger partial charge in [-0.25, -0.2) is 4.98 Å². The van der Waals surface area contributed by atoms with Crippen LogP contribution in [0, 0.1) is 0 Å². The number of nitrogens with one attached hydrogen (secondary N) is 1. The Morgan fingerprint density at radius 2 is 2.37 bits per heavy atom. The van der Waals surface area contributed by atoms with Crippen LogP contribution in [0.4, 0.5) is 5.13 Å². The lowest BCUT2D eigenvalue weighted by Crippen LogP contribution is -2.40. The summed E-state index contributed by atoms with van der Waals surface area (Å²) in [6.45, 7) is 2.22. The number of rotatable bonds is 3. The van der Waals surface area contributed by atoms with Gasteiger partial charge in [0.05, 0.1) is 10.2 Å². The summed E-state index contributed by atoms with van der Waals surface area (Å²) < 4.78 is 2.34. The molecule has 3 nitrogen and oxygen atoms in total. The first kappa shape index (κ1) is 13.3. The zero-order valence-electron chi connectivity index (χ0n) is 11.0. The van der Waals surface area contributed by atoms with Crippen LogP contribution in [0.25, 0.3) is 10.2 Å². The second kappa shape index (κ2) is 5.77. The number of aromatic nitrogens is 1. The van der Waals surface area contributed by atoms with E-state index in [1.165, 1.54) is 30.5 Å². The van der Waals surface area contributed by atoms with Gasteiger partial charge in [-0.1, -0.05) is 33.7 Å². The summed E-state index contributed by atoms with van der Waals surface area (Å²) in [5.74, 6) is 0. The van der Waals surface area contributed by atoms with E-state index in [4.69, 9.17) is 0 Å². The summed E-state index contributed by atoms with van der Waals surface area (Å²) in [5.41, 5.74) is 1.08. The molecule has 5 heteroatoms. The average Bonchev–Trinajstić information content (AvgIpc) is 2.79. The Hall–Kier alpha value is -0.650. The normalized spacial score (nSPS) is 20.8. The summed E-state index contributed by atoms with van der Waals surface area (Å²) in [6.07, 6.45) is 3.98. The van der Waals surface area contributed by atoms with Crippen LogP contribution in [0.3, 0.4) is 0 Å². The maximum Gasteiger partial charge on any atom is 0.183 e. The van der Waals surface area contributed by atoms with Crippen LogP contribution in [0.2, 0.25) is 0 Å². The van der Waals surface area contributed by atoms with E-state index in [1.807, 2.05) is 6.07 Å². The Labute approximate surface area is 126 Å². The van der Waals surface area contributed by atoms with E-state index in [0.29, 0.717) is 6.04 Å². The number of piperidine rings is 1. The number of hydrogen-bond acceptors (Lipinski definition) is 4. The first-order valence-electron chi connectivity index (χ1n) is 6.72. The van der Waals surface area contributed by atoms with Crippen molar-refractivity contribution in [2.24, 2.45) is 0 Å². The number of likely N-dealkylation sites (tertiary alicyclic amines) is 1. The fourth-order valence-electron chi connectivity index (χ4n) is 2.58. The number of fused-ring (bicyclic) bond motifs is 1. The Kier molecular flexibility index (Phi) is 4.05. The minimum absolute atomic E-state index is 0.646. The van der Waals surface area contributed by atoms with E-state index >= 15 is 0 Å². The number of nitrogens with zero attached hydrogens (tertiary/aromatic N) is 2. The van der Waals surface area contributed by atoms with Gasteiger partial charge in [-0.2, -0.15) is 0 Å². The molecule has 1 unspecified atom stereocenters. The third-order valence-electron chi connectivity index (χ3n) is 3.76. The van der Waals surface area contributed by atoms with Crippen LogP contribution < -0.4 is 5.32 Å². The Morgan fingerprint density at radius 3 is 3.21 bits per heavy atom. The van der Waals surface area contributed by atoms with Crippen molar-refractivity contribution in [3.63, 3.8) is 0 Å². The Bertz CT molecular complexity index is 569. The van der Waals surface area contributed by atoms with Crippen molar-refractivity contribution in [1.29, 1.82) is 0 Å². The SMILES string of the molecule is CN1CCCCC1CNc1nc2ccc(Br)cc2s1. The minimum Gasteiger partial charge on any atom is -0.360 e. The third kappa shape index (κ3) is 3.09. The van der Waals surface area contributed by atoms with Gasteiger partial charge in [0, 0.05) is 17.1 Å². The largest absolute Gasteiger partial charge is 0.360 e. The summed E-state index contributed by atoms with van der Waals surface area (Å²) in [4.78, 5) is 7.09. The molecule has 1 N–H and O–H groups in total. The van der Waals surface area contributed by atoms with E-state index in [0.717, 1.165) is 21.7 Å². The highest BCUT2D eigenvalue weighted by atomic mass is 79.9. The van der Waals surface area contributed by atoms with Crippen molar-refractivity contribution in [3.05, 3.63) is 22.7 Å². The predicted molar refractivity (Wildman–Crippen MR) is 86.1 cm³/mol. The number of likely N-dealkylation sites (N-methyl/N-ethyl adjacent to an activating group) is 1. The smallest absolute Gasteiger partial charge is 0.183 e. The van der Waals surface area contributed by atoms with Crippen molar-refractivity contribution < 1.29 is 0 Å². The standard InChI is InChI=1S/C14H18BrN3S/c1-18-7-3-2-4-11(18)9-16-14-17-12-6-5-10(15)8-13(12)19-14/h5-6,8,11H,2-4,7,9H2,1H3,(H,16,17). The predicted octanol–water partition coefficient (Wildman–Crippen LogP) is 3.96. The van der Waals surface area contributed by atoms with Crippen molar-refractivity contribution in [2.45, 2.75) is 25.3 Å². The zero-order valence-corrected chi connectivity index (χ0v) is 13.4. The Morgan fingerprint density at radius 1 is 1.47 bits per heavy atom. The fraction of sp³-hybridized carbons (Fsp3) is 0.500. The molecule has 2 heterocycles. The molecule has 1 fully saturated rings. The van der Waals surface area contributed by atoms with E-state index in [1.54, 1.807) is 11.3 Å². The quantitative estimate of drug-likeness (QED) is 0.917. The maximum absolute atomic E-state index is 4.63. The van der Waals surface area contributed by atoms with E-state index in [9.17, 15) is 0 Å². The molecule has 0 spiro atoms. The molecule has 102 valence electrons. The van der Waals surface area contributed by atoms with Crippen molar-refractivity contribution in [2.75, 3.05) is 25.5 Å². The van der Waals surface area contributed by atoms with Gasteiger partial charge in [-0.15, -0.1) is 0 Å². The molecule has 2 aromatic rings. The van der Waals surface area contributed by atoms with Crippen LogP contribution in [0.15, 0.2) is 22.7 Å². The Balaban J connectivity index is 1.68. The number of anilines is 1. The zero-order chi connectivity index (χ0) is 13.2. The van der Waals surface area contributed by atoms with Crippen LogP contribution in [-0.4, -0.2) is 36.1 Å². The van der Waals surface area contributed by atoms with Crippen LogP contribution >= 0.6 is 27.3 Å². The monoisotopic (exact) mass is 339 g/mol. The summed E-state index contributed by atoms with van der Waals surface area (Å²) >= 11 is 5.23. The molecule has 1 aliphatic rings.